The summed E-state index contributed by atoms with van der Waals surface area (Å²) in [5.74, 6) is 0.743. The Bertz CT molecular complexity index is 610. The molecule has 0 aromatic heterocycles. The van der Waals surface area contributed by atoms with Crippen LogP contribution in [0.25, 0.3) is 6.08 Å². The Morgan fingerprint density at radius 1 is 1.28 bits per heavy atom. The number of benzene rings is 1. The van der Waals surface area contributed by atoms with Crippen molar-refractivity contribution in [3.05, 3.63) is 36.0 Å². The Labute approximate surface area is 148 Å². The van der Waals surface area contributed by atoms with Crippen molar-refractivity contribution in [3.8, 4) is 5.75 Å². The van der Waals surface area contributed by atoms with Crippen molar-refractivity contribution in [3.63, 3.8) is 0 Å². The quantitative estimate of drug-likeness (QED) is 0.858. The number of likely N-dealkylation sites (tertiary alicyclic amines) is 1. The van der Waals surface area contributed by atoms with Crippen LogP contribution in [0.1, 0.15) is 25.3 Å². The summed E-state index contributed by atoms with van der Waals surface area (Å²) in [5.41, 5.74) is 0.882. The lowest BCUT2D eigenvalue weighted by Gasteiger charge is -2.31. The molecule has 1 saturated heterocycles. The van der Waals surface area contributed by atoms with E-state index in [0.29, 0.717) is 32.5 Å². The van der Waals surface area contributed by atoms with Gasteiger partial charge in [0.2, 0.25) is 0 Å². The SMILES string of the molecule is CCOC(=O)N1CCC(NC(=O)N/C=C/c2ccccc2OC)CC1. The lowest BCUT2D eigenvalue weighted by atomic mass is 10.1. The molecule has 0 unspecified atom stereocenters. The van der Waals surface area contributed by atoms with Gasteiger partial charge in [-0.25, -0.2) is 9.59 Å². The fourth-order valence-corrected chi connectivity index (χ4v) is 2.66. The lowest BCUT2D eigenvalue weighted by molar-refractivity contribution is 0.0958. The van der Waals surface area contributed by atoms with E-state index in [1.165, 1.54) is 0 Å². The van der Waals surface area contributed by atoms with Crippen molar-refractivity contribution in [1.82, 2.24) is 15.5 Å². The predicted molar refractivity (Wildman–Crippen MR) is 95.3 cm³/mol. The number of hydrogen-bond acceptors (Lipinski definition) is 4. The number of carbonyl (C=O) groups is 2. The van der Waals surface area contributed by atoms with E-state index < -0.39 is 0 Å². The highest BCUT2D eigenvalue weighted by Crippen LogP contribution is 2.18. The molecule has 2 N–H and O–H groups in total. The Morgan fingerprint density at radius 3 is 2.68 bits per heavy atom. The molecule has 7 heteroatoms. The molecule has 1 aromatic carbocycles. The van der Waals surface area contributed by atoms with Gasteiger partial charge >= 0.3 is 12.1 Å². The molecule has 0 radical (unpaired) electrons. The van der Waals surface area contributed by atoms with Crippen LogP contribution in [0.2, 0.25) is 0 Å². The molecule has 1 aliphatic heterocycles. The van der Waals surface area contributed by atoms with Crippen LogP contribution in [0.5, 0.6) is 5.75 Å². The molecule has 136 valence electrons. The summed E-state index contributed by atoms with van der Waals surface area (Å²) in [5, 5.41) is 5.61. The molecule has 0 spiro atoms. The Hall–Kier alpha value is -2.70. The van der Waals surface area contributed by atoms with Gasteiger partial charge in [0.15, 0.2) is 0 Å². The van der Waals surface area contributed by atoms with Crippen LogP contribution in [-0.2, 0) is 4.74 Å². The largest absolute Gasteiger partial charge is 0.496 e. The topological polar surface area (TPSA) is 79.9 Å². The minimum absolute atomic E-state index is 0.0466. The Morgan fingerprint density at radius 2 is 2.00 bits per heavy atom. The third-order valence-electron chi connectivity index (χ3n) is 3.97. The van der Waals surface area contributed by atoms with Gasteiger partial charge in [-0.15, -0.1) is 0 Å². The molecule has 1 heterocycles. The minimum atomic E-state index is -0.287. The van der Waals surface area contributed by atoms with Crippen LogP contribution in [0, 0.1) is 0 Å². The number of para-hydroxylation sites is 1. The van der Waals surface area contributed by atoms with Crippen molar-refractivity contribution in [1.29, 1.82) is 0 Å². The van der Waals surface area contributed by atoms with Crippen molar-refractivity contribution < 1.29 is 19.1 Å². The second-order valence-electron chi connectivity index (χ2n) is 5.65. The molecule has 0 aliphatic carbocycles. The van der Waals surface area contributed by atoms with Crippen molar-refractivity contribution >= 4 is 18.2 Å². The summed E-state index contributed by atoms with van der Waals surface area (Å²) in [4.78, 5) is 25.3. The molecule has 1 aliphatic rings. The number of ether oxygens (including phenoxy) is 2. The van der Waals surface area contributed by atoms with E-state index in [2.05, 4.69) is 10.6 Å². The molecule has 2 rings (SSSR count). The van der Waals surface area contributed by atoms with Crippen LogP contribution in [-0.4, -0.2) is 49.9 Å². The number of nitrogens with zero attached hydrogens (tertiary/aromatic N) is 1. The molecule has 7 nitrogen and oxygen atoms in total. The van der Waals surface area contributed by atoms with Crippen LogP contribution in [0.3, 0.4) is 0 Å². The third kappa shape index (κ3) is 5.70. The maximum atomic E-state index is 12.0. The molecule has 0 saturated carbocycles. The standard InChI is InChI=1S/C18H25N3O4/c1-3-25-18(23)21-12-9-15(10-13-21)20-17(22)19-11-8-14-6-4-5-7-16(14)24-2/h4-8,11,15H,3,9-10,12-13H2,1-2H3,(H2,19,20,22)/b11-8+. The van der Waals surface area contributed by atoms with Crippen molar-refractivity contribution in [2.45, 2.75) is 25.8 Å². The maximum Gasteiger partial charge on any atom is 0.409 e. The monoisotopic (exact) mass is 347 g/mol. The van der Waals surface area contributed by atoms with E-state index in [4.69, 9.17) is 9.47 Å². The zero-order valence-corrected chi connectivity index (χ0v) is 14.7. The van der Waals surface area contributed by atoms with E-state index in [1.54, 1.807) is 31.2 Å². The molecule has 25 heavy (non-hydrogen) atoms. The van der Waals surface area contributed by atoms with Gasteiger partial charge in [-0.3, -0.25) is 0 Å². The van der Waals surface area contributed by atoms with Gasteiger partial charge < -0.3 is 25.0 Å². The highest BCUT2D eigenvalue weighted by molar-refractivity contribution is 5.76. The molecule has 0 bridgehead atoms. The molecule has 0 atom stereocenters. The summed E-state index contributed by atoms with van der Waals surface area (Å²) in [6.07, 6.45) is 4.50. The maximum absolute atomic E-state index is 12.0. The third-order valence-corrected chi connectivity index (χ3v) is 3.97. The first-order valence-electron chi connectivity index (χ1n) is 8.42. The van der Waals surface area contributed by atoms with Crippen LogP contribution in [0.4, 0.5) is 9.59 Å². The molecule has 1 aromatic rings. The molecular weight excluding hydrogens is 322 g/mol. The zero-order chi connectivity index (χ0) is 18.1. The Balaban J connectivity index is 1.74. The van der Waals surface area contributed by atoms with E-state index in [-0.39, 0.29) is 18.2 Å². The normalized spacial score (nSPS) is 15.0. The highest BCUT2D eigenvalue weighted by atomic mass is 16.6. The second-order valence-corrected chi connectivity index (χ2v) is 5.65. The first-order valence-corrected chi connectivity index (χ1v) is 8.42. The van der Waals surface area contributed by atoms with Crippen molar-refractivity contribution in [2.75, 3.05) is 26.8 Å². The summed E-state index contributed by atoms with van der Waals surface area (Å²) in [7, 11) is 1.61. The highest BCUT2D eigenvalue weighted by Gasteiger charge is 2.24. The van der Waals surface area contributed by atoms with Gasteiger partial charge in [0.25, 0.3) is 0 Å². The fraction of sp³-hybridized carbons (Fsp3) is 0.444. The first kappa shape index (κ1) is 18.6. The summed E-state index contributed by atoms with van der Waals surface area (Å²) >= 11 is 0. The van der Waals surface area contributed by atoms with E-state index in [0.717, 1.165) is 11.3 Å². The van der Waals surface area contributed by atoms with Gasteiger partial charge in [0, 0.05) is 30.9 Å². The number of hydrogen-bond donors (Lipinski definition) is 2. The number of piperidine rings is 1. The summed E-state index contributed by atoms with van der Waals surface area (Å²) in [6.45, 7) is 3.33. The van der Waals surface area contributed by atoms with Crippen LogP contribution >= 0.6 is 0 Å². The number of carbonyl (C=O) groups excluding carboxylic acids is 2. The van der Waals surface area contributed by atoms with Gasteiger partial charge in [0.1, 0.15) is 5.75 Å². The van der Waals surface area contributed by atoms with Gasteiger partial charge in [0.05, 0.1) is 13.7 Å². The predicted octanol–water partition coefficient (Wildman–Crippen LogP) is 2.59. The minimum Gasteiger partial charge on any atom is -0.496 e. The van der Waals surface area contributed by atoms with Crippen molar-refractivity contribution in [2.24, 2.45) is 0 Å². The Kier molecular flexibility index (Phi) is 7.13. The number of urea groups is 1. The van der Waals surface area contributed by atoms with Gasteiger partial charge in [-0.1, -0.05) is 18.2 Å². The van der Waals surface area contributed by atoms with E-state index in [1.807, 2.05) is 24.3 Å². The number of methoxy groups -OCH3 is 1. The second kappa shape index (κ2) is 9.56. The molecular formula is C18H25N3O4. The molecule has 1 fully saturated rings. The number of nitrogens with one attached hydrogen (secondary N) is 2. The average molecular weight is 347 g/mol. The van der Waals surface area contributed by atoms with Gasteiger partial charge in [-0.05, 0) is 31.9 Å². The van der Waals surface area contributed by atoms with E-state index in [9.17, 15) is 9.59 Å². The number of amides is 3. The van der Waals surface area contributed by atoms with Crippen LogP contribution < -0.4 is 15.4 Å². The van der Waals surface area contributed by atoms with Crippen LogP contribution in [0.15, 0.2) is 30.5 Å². The summed E-state index contributed by atoms with van der Waals surface area (Å²) in [6, 6.07) is 7.33. The average Bonchev–Trinajstić information content (AvgIpc) is 2.63. The smallest absolute Gasteiger partial charge is 0.409 e. The lowest BCUT2D eigenvalue weighted by Crippen LogP contribution is -2.48. The first-order chi connectivity index (χ1) is 12.1. The van der Waals surface area contributed by atoms with Gasteiger partial charge in [-0.2, -0.15) is 0 Å². The zero-order valence-electron chi connectivity index (χ0n) is 14.7. The van der Waals surface area contributed by atoms with E-state index >= 15 is 0 Å². The fourth-order valence-electron chi connectivity index (χ4n) is 2.66. The molecule has 3 amide bonds. The number of rotatable bonds is 5. The summed E-state index contributed by atoms with van der Waals surface area (Å²) < 4.78 is 10.2.